The molecule has 0 amide bonds. The first kappa shape index (κ1) is 16.0. The van der Waals surface area contributed by atoms with E-state index in [1.165, 1.54) is 0 Å². The molecule has 0 aliphatic rings. The Morgan fingerprint density at radius 3 is 2.38 bits per heavy atom. The Kier molecular flexibility index (Phi) is 9.75. The summed E-state index contributed by atoms with van der Waals surface area (Å²) >= 11 is 4.56. The van der Waals surface area contributed by atoms with Crippen LogP contribution in [0.4, 0.5) is 0 Å². The molecule has 0 rings (SSSR count). The van der Waals surface area contributed by atoms with Gasteiger partial charge in [0.2, 0.25) is 0 Å². The van der Waals surface area contributed by atoms with Gasteiger partial charge in [-0.2, -0.15) is 0 Å². The van der Waals surface area contributed by atoms with Crippen LogP contribution >= 0.6 is 12.2 Å². The largest absolute Gasteiger partial charge is 1.00 e. The van der Waals surface area contributed by atoms with Crippen LogP contribution in [0.25, 0.3) is 0 Å². The van der Waals surface area contributed by atoms with Gasteiger partial charge in [0.05, 0.1) is 15.9 Å². The van der Waals surface area contributed by atoms with E-state index in [1.54, 1.807) is 0 Å². The van der Waals surface area contributed by atoms with E-state index < -0.39 is 15.9 Å². The molecule has 0 aromatic rings. The van der Waals surface area contributed by atoms with E-state index in [2.05, 4.69) is 22.9 Å². The zero-order valence-corrected chi connectivity index (χ0v) is 10.7. The smallest absolute Gasteiger partial charge is 0.748 e. The van der Waals surface area contributed by atoms with E-state index in [0.717, 1.165) is 0 Å². The first-order chi connectivity index (χ1) is 5.45. The Labute approximate surface area is 104 Å². The Hall–Kier alpha value is 0.560. The molecule has 3 N–H and O–H groups in total. The second kappa shape index (κ2) is 7.92. The predicted molar refractivity (Wildman–Crippen MR) is 45.4 cm³/mol. The third-order valence-corrected chi connectivity index (χ3v) is 1.87. The fraction of sp³-hybridized carbons (Fsp3) is 0.750. The van der Waals surface area contributed by atoms with Crippen molar-refractivity contribution in [3.05, 3.63) is 0 Å². The molecule has 0 bridgehead atoms. The van der Waals surface area contributed by atoms with Crippen LogP contribution in [0.2, 0.25) is 0 Å². The van der Waals surface area contributed by atoms with Crippen molar-refractivity contribution in [2.75, 3.05) is 19.0 Å². The number of hydrogen-bond acceptors (Lipinski definition) is 5. The van der Waals surface area contributed by atoms with Gasteiger partial charge in [-0.3, -0.25) is 0 Å². The average molecular weight is 236 g/mol. The molecule has 0 aromatic carbocycles. The fourth-order valence-electron chi connectivity index (χ4n) is 0.424. The van der Waals surface area contributed by atoms with Gasteiger partial charge in [0, 0.05) is 6.54 Å². The van der Waals surface area contributed by atoms with Crippen molar-refractivity contribution in [2.45, 2.75) is 0 Å². The van der Waals surface area contributed by atoms with Crippen LogP contribution in [-0.4, -0.2) is 42.2 Å². The van der Waals surface area contributed by atoms with E-state index in [0.29, 0.717) is 0 Å². The maximum atomic E-state index is 10.1. The zero-order chi connectivity index (χ0) is 9.61. The molecule has 13 heavy (non-hydrogen) atoms. The molecule has 6 nitrogen and oxygen atoms in total. The second-order valence-corrected chi connectivity index (χ2v) is 3.78. The van der Waals surface area contributed by atoms with Crippen LogP contribution in [0.15, 0.2) is 0 Å². The Bertz CT molecular complexity index is 243. The van der Waals surface area contributed by atoms with Gasteiger partial charge < -0.3 is 20.3 Å². The maximum Gasteiger partial charge on any atom is 1.00 e. The van der Waals surface area contributed by atoms with Gasteiger partial charge in [-0.05, 0) is 12.2 Å². The van der Waals surface area contributed by atoms with E-state index in [1.807, 2.05) is 0 Å². The molecular weight excluding hydrogens is 227 g/mol. The minimum absolute atomic E-state index is 0. The molecule has 0 spiro atoms. The Morgan fingerprint density at radius 1 is 1.46 bits per heavy atom. The maximum absolute atomic E-state index is 10.1. The molecule has 0 radical (unpaired) electrons. The molecular formula is C4H9N2NaO4S2. The van der Waals surface area contributed by atoms with Crippen LogP contribution in [0.1, 0.15) is 0 Å². The number of rotatable bonds is 4. The van der Waals surface area contributed by atoms with Crippen molar-refractivity contribution in [2.24, 2.45) is 0 Å². The van der Waals surface area contributed by atoms with Crippen molar-refractivity contribution in [3.8, 4) is 0 Å². The van der Waals surface area contributed by atoms with Gasteiger partial charge in [-0.1, -0.05) is 0 Å². The van der Waals surface area contributed by atoms with Crippen LogP contribution in [0.5, 0.6) is 0 Å². The quantitative estimate of drug-likeness (QED) is 0.194. The van der Waals surface area contributed by atoms with Gasteiger partial charge in [-0.25, -0.2) is 8.42 Å². The van der Waals surface area contributed by atoms with Crippen LogP contribution < -0.4 is 40.2 Å². The van der Waals surface area contributed by atoms with E-state index in [-0.39, 0.29) is 47.9 Å². The molecule has 0 saturated carbocycles. The summed E-state index contributed by atoms with van der Waals surface area (Å²) in [4.78, 5) is 0. The fourth-order valence-corrected chi connectivity index (χ4v) is 0.943. The molecule has 0 aliphatic heterocycles. The van der Waals surface area contributed by atoms with Gasteiger partial charge >= 0.3 is 29.6 Å². The van der Waals surface area contributed by atoms with Crippen molar-refractivity contribution in [3.63, 3.8) is 0 Å². The van der Waals surface area contributed by atoms with Crippen molar-refractivity contribution < 1.29 is 47.6 Å². The summed E-state index contributed by atoms with van der Waals surface area (Å²) in [5.74, 6) is -0.528. The molecule has 0 atom stereocenters. The van der Waals surface area contributed by atoms with Crippen molar-refractivity contribution in [1.82, 2.24) is 10.6 Å². The molecule has 9 heteroatoms. The molecule has 0 aromatic heterocycles. The summed E-state index contributed by atoms with van der Waals surface area (Å²) in [6, 6.07) is 0. The van der Waals surface area contributed by atoms with Gasteiger partial charge in [0.1, 0.15) is 6.73 Å². The first-order valence-electron chi connectivity index (χ1n) is 3.02. The summed E-state index contributed by atoms with van der Waals surface area (Å²) in [6.07, 6.45) is 0. The summed E-state index contributed by atoms with van der Waals surface area (Å²) < 4.78 is 30.2. The van der Waals surface area contributed by atoms with E-state index in [4.69, 9.17) is 5.11 Å². The van der Waals surface area contributed by atoms with Crippen LogP contribution in [-0.2, 0) is 10.1 Å². The number of hydrogen-bond donors (Lipinski definition) is 3. The Morgan fingerprint density at radius 2 is 2.00 bits per heavy atom. The van der Waals surface area contributed by atoms with Crippen molar-refractivity contribution in [1.29, 1.82) is 0 Å². The molecule has 72 valence electrons. The van der Waals surface area contributed by atoms with E-state index >= 15 is 0 Å². The third kappa shape index (κ3) is 12.6. The topological polar surface area (TPSA) is 101 Å². The standard InChI is InChI=1S/C4H10N2O4S2.Na/c7-3-6-4(11)5-1-2-12(8,9)10;/h7H,1-3H2,(H2,5,6,11)(H,8,9,10);/q;+1/p-1. The molecule has 0 unspecified atom stereocenters. The average Bonchev–Trinajstić information content (AvgIpc) is 1.84. The normalized spacial score (nSPS) is 10.0. The summed E-state index contributed by atoms with van der Waals surface area (Å²) in [5, 5.41) is 13.1. The molecule has 0 saturated heterocycles. The SMILES string of the molecule is O=S(=O)([O-])CCNC(=S)NCO.[Na+]. The third-order valence-electron chi connectivity index (χ3n) is 0.877. The molecule has 0 aliphatic carbocycles. The Balaban J connectivity index is 0. The van der Waals surface area contributed by atoms with Gasteiger partial charge in [0.15, 0.2) is 5.11 Å². The van der Waals surface area contributed by atoms with Crippen LogP contribution in [0.3, 0.4) is 0 Å². The number of aliphatic hydroxyl groups is 1. The van der Waals surface area contributed by atoms with Gasteiger partial charge in [-0.15, -0.1) is 0 Å². The summed E-state index contributed by atoms with van der Waals surface area (Å²) in [7, 11) is -4.20. The van der Waals surface area contributed by atoms with Gasteiger partial charge in [0.25, 0.3) is 0 Å². The van der Waals surface area contributed by atoms with E-state index in [9.17, 15) is 13.0 Å². The molecule has 0 fully saturated rings. The zero-order valence-electron chi connectivity index (χ0n) is 7.11. The monoisotopic (exact) mass is 236 g/mol. The number of aliphatic hydroxyl groups excluding tert-OH is 1. The predicted octanol–water partition coefficient (Wildman–Crippen LogP) is -5.05. The summed E-state index contributed by atoms with van der Waals surface area (Å²) in [5.41, 5.74) is 0. The van der Waals surface area contributed by atoms with Crippen molar-refractivity contribution >= 4 is 27.4 Å². The minimum atomic E-state index is -4.20. The number of thiocarbonyl (C=S) groups is 1. The van der Waals surface area contributed by atoms with Crippen LogP contribution in [0, 0.1) is 0 Å². The summed E-state index contributed by atoms with van der Waals surface area (Å²) in [6.45, 7) is -0.395. The first-order valence-corrected chi connectivity index (χ1v) is 5.00. The minimum Gasteiger partial charge on any atom is -0.748 e. The number of nitrogens with one attached hydrogen (secondary N) is 2. The molecule has 0 heterocycles. The second-order valence-electron chi connectivity index (χ2n) is 1.85.